The van der Waals surface area contributed by atoms with Crippen molar-refractivity contribution in [2.45, 2.75) is 19.5 Å². The molecule has 1 amide bonds. The summed E-state index contributed by atoms with van der Waals surface area (Å²) in [5, 5.41) is 2.55. The first kappa shape index (κ1) is 14.2. The predicted octanol–water partition coefficient (Wildman–Crippen LogP) is 2.64. The van der Waals surface area contributed by atoms with Gasteiger partial charge in [-0.1, -0.05) is 18.2 Å². The van der Waals surface area contributed by atoms with Gasteiger partial charge < -0.3 is 5.32 Å². The predicted molar refractivity (Wildman–Crippen MR) is 61.6 cm³/mol. The number of rotatable bonds is 4. The average molecular weight is 258 g/mol. The molecule has 1 N–H and O–H groups in total. The molecule has 0 aliphatic rings. The van der Waals surface area contributed by atoms with Crippen molar-refractivity contribution in [1.82, 2.24) is 10.3 Å². The maximum atomic E-state index is 12.6. The molecule has 0 saturated carbocycles. The minimum Gasteiger partial charge on any atom is -0.356 e. The van der Waals surface area contributed by atoms with Crippen molar-refractivity contribution in [2.24, 2.45) is 0 Å². The molecule has 6 heteroatoms. The van der Waals surface area contributed by atoms with Crippen LogP contribution in [0.3, 0.4) is 0 Å². The molecule has 0 aliphatic heterocycles. The number of alkyl halides is 3. The van der Waals surface area contributed by atoms with Gasteiger partial charge in [0, 0.05) is 25.2 Å². The van der Waals surface area contributed by atoms with Crippen LogP contribution in [-0.2, 0) is 11.0 Å². The molecular weight excluding hydrogens is 245 g/mol. The molecule has 98 valence electrons. The Bertz CT molecular complexity index is 441. The van der Waals surface area contributed by atoms with Gasteiger partial charge in [-0.15, -0.1) is 0 Å². The van der Waals surface area contributed by atoms with E-state index >= 15 is 0 Å². The fraction of sp³-hybridized carbons (Fsp3) is 0.333. The zero-order valence-electron chi connectivity index (χ0n) is 9.79. The lowest BCUT2D eigenvalue weighted by molar-refractivity contribution is -0.141. The average Bonchev–Trinajstić information content (AvgIpc) is 2.27. The summed E-state index contributed by atoms with van der Waals surface area (Å²) in [5.74, 6) is -0.166. The van der Waals surface area contributed by atoms with E-state index in [1.807, 2.05) is 0 Å². The lowest BCUT2D eigenvalue weighted by Crippen LogP contribution is -2.20. The lowest BCUT2D eigenvalue weighted by atomic mass is 10.1. The Morgan fingerprint density at radius 3 is 2.83 bits per heavy atom. The Morgan fingerprint density at radius 1 is 1.50 bits per heavy atom. The topological polar surface area (TPSA) is 42.0 Å². The van der Waals surface area contributed by atoms with Gasteiger partial charge >= 0.3 is 6.18 Å². The van der Waals surface area contributed by atoms with Crippen molar-refractivity contribution < 1.29 is 18.0 Å². The summed E-state index contributed by atoms with van der Waals surface area (Å²) in [7, 11) is 0. The second-order valence-electron chi connectivity index (χ2n) is 3.61. The van der Waals surface area contributed by atoms with Crippen molar-refractivity contribution in [3.63, 3.8) is 0 Å². The van der Waals surface area contributed by atoms with E-state index in [0.717, 1.165) is 6.20 Å². The maximum absolute atomic E-state index is 12.6. The number of halogens is 3. The molecule has 1 heterocycles. The summed E-state index contributed by atoms with van der Waals surface area (Å²) in [6.07, 6.45) is 0.0433. The SMILES string of the molecule is CC(=O)NCCC=Cc1cccnc1C(F)(F)F. The van der Waals surface area contributed by atoms with Crippen LogP contribution in [-0.4, -0.2) is 17.4 Å². The first-order valence-electron chi connectivity index (χ1n) is 5.34. The normalized spacial score (nSPS) is 11.8. The molecular formula is C12H13F3N2O. The maximum Gasteiger partial charge on any atom is 0.433 e. The minimum absolute atomic E-state index is 0.0211. The first-order valence-corrected chi connectivity index (χ1v) is 5.34. The molecule has 0 unspecified atom stereocenters. The third kappa shape index (κ3) is 4.57. The van der Waals surface area contributed by atoms with Gasteiger partial charge in [0.05, 0.1) is 0 Å². The first-order chi connectivity index (χ1) is 8.41. The van der Waals surface area contributed by atoms with Gasteiger partial charge in [-0.05, 0) is 12.5 Å². The number of nitrogens with zero attached hydrogens (tertiary/aromatic N) is 1. The van der Waals surface area contributed by atoms with Crippen LogP contribution in [0, 0.1) is 0 Å². The fourth-order valence-corrected chi connectivity index (χ4v) is 1.33. The lowest BCUT2D eigenvalue weighted by Gasteiger charge is -2.08. The quantitative estimate of drug-likeness (QED) is 0.843. The van der Waals surface area contributed by atoms with Crippen LogP contribution >= 0.6 is 0 Å². The molecule has 1 rings (SSSR count). The van der Waals surface area contributed by atoms with Crippen molar-refractivity contribution in [3.05, 3.63) is 35.7 Å². The third-order valence-electron chi connectivity index (χ3n) is 2.09. The molecule has 1 aromatic heterocycles. The summed E-state index contributed by atoms with van der Waals surface area (Å²) in [6.45, 7) is 1.78. The summed E-state index contributed by atoms with van der Waals surface area (Å²) in [4.78, 5) is 13.9. The van der Waals surface area contributed by atoms with Crippen LogP contribution < -0.4 is 5.32 Å². The number of pyridine rings is 1. The molecule has 0 aliphatic carbocycles. The van der Waals surface area contributed by atoms with Crippen LogP contribution in [0.25, 0.3) is 6.08 Å². The van der Waals surface area contributed by atoms with Gasteiger partial charge in [-0.3, -0.25) is 9.78 Å². The number of aromatic nitrogens is 1. The highest BCUT2D eigenvalue weighted by molar-refractivity contribution is 5.72. The fourth-order valence-electron chi connectivity index (χ4n) is 1.33. The monoisotopic (exact) mass is 258 g/mol. The highest BCUT2D eigenvalue weighted by Crippen LogP contribution is 2.30. The Labute approximate surface area is 103 Å². The van der Waals surface area contributed by atoms with Gasteiger partial charge in [-0.25, -0.2) is 0 Å². The number of carbonyl (C=O) groups is 1. The molecule has 0 aromatic carbocycles. The Morgan fingerprint density at radius 2 is 2.22 bits per heavy atom. The van der Waals surface area contributed by atoms with E-state index < -0.39 is 11.9 Å². The van der Waals surface area contributed by atoms with Gasteiger partial charge in [-0.2, -0.15) is 13.2 Å². The summed E-state index contributed by atoms with van der Waals surface area (Å²) in [6, 6.07) is 2.80. The van der Waals surface area contributed by atoms with Crippen molar-refractivity contribution in [2.75, 3.05) is 6.54 Å². The zero-order chi connectivity index (χ0) is 13.6. The molecule has 3 nitrogen and oxygen atoms in total. The smallest absolute Gasteiger partial charge is 0.356 e. The third-order valence-corrected chi connectivity index (χ3v) is 2.09. The second kappa shape index (κ2) is 6.18. The van der Waals surface area contributed by atoms with E-state index in [1.54, 1.807) is 6.08 Å². The number of hydrogen-bond donors (Lipinski definition) is 1. The molecule has 0 fully saturated rings. The molecule has 0 saturated heterocycles. The second-order valence-corrected chi connectivity index (χ2v) is 3.61. The summed E-state index contributed by atoms with van der Waals surface area (Å²) >= 11 is 0. The highest BCUT2D eigenvalue weighted by atomic mass is 19.4. The van der Waals surface area contributed by atoms with Crippen LogP contribution in [0.5, 0.6) is 0 Å². The highest BCUT2D eigenvalue weighted by Gasteiger charge is 2.34. The van der Waals surface area contributed by atoms with E-state index in [0.29, 0.717) is 13.0 Å². The Balaban J connectivity index is 2.67. The van der Waals surface area contributed by atoms with Crippen LogP contribution in [0.2, 0.25) is 0 Å². The number of carbonyl (C=O) groups excluding carboxylic acids is 1. The molecule has 1 aromatic rings. The van der Waals surface area contributed by atoms with E-state index in [9.17, 15) is 18.0 Å². The van der Waals surface area contributed by atoms with Gasteiger partial charge in [0.2, 0.25) is 5.91 Å². The Kier molecular flexibility index (Phi) is 4.88. The molecule has 0 atom stereocenters. The van der Waals surface area contributed by atoms with Crippen molar-refractivity contribution in [3.8, 4) is 0 Å². The largest absolute Gasteiger partial charge is 0.433 e. The van der Waals surface area contributed by atoms with Gasteiger partial charge in [0.15, 0.2) is 5.69 Å². The molecule has 0 spiro atoms. The standard InChI is InChI=1S/C12H13F3N2O/c1-9(18)16-7-3-2-5-10-6-4-8-17-11(10)12(13,14)15/h2,4-6,8H,3,7H2,1H3,(H,16,18). The van der Waals surface area contributed by atoms with E-state index in [-0.39, 0.29) is 11.5 Å². The van der Waals surface area contributed by atoms with Crippen molar-refractivity contribution >= 4 is 12.0 Å². The summed E-state index contributed by atoms with van der Waals surface area (Å²) < 4.78 is 37.7. The number of hydrogen-bond acceptors (Lipinski definition) is 2. The van der Waals surface area contributed by atoms with Gasteiger partial charge in [0.25, 0.3) is 0 Å². The van der Waals surface area contributed by atoms with Crippen LogP contribution in [0.4, 0.5) is 13.2 Å². The van der Waals surface area contributed by atoms with E-state index in [2.05, 4.69) is 10.3 Å². The van der Waals surface area contributed by atoms with Crippen LogP contribution in [0.15, 0.2) is 24.4 Å². The van der Waals surface area contributed by atoms with Gasteiger partial charge in [0.1, 0.15) is 0 Å². The van der Waals surface area contributed by atoms with E-state index in [4.69, 9.17) is 0 Å². The number of nitrogens with one attached hydrogen (secondary N) is 1. The number of amides is 1. The molecule has 0 radical (unpaired) electrons. The Hall–Kier alpha value is -1.85. The molecule has 18 heavy (non-hydrogen) atoms. The zero-order valence-corrected chi connectivity index (χ0v) is 9.79. The minimum atomic E-state index is -4.46. The van der Waals surface area contributed by atoms with Crippen LogP contribution in [0.1, 0.15) is 24.6 Å². The molecule has 0 bridgehead atoms. The van der Waals surface area contributed by atoms with Crippen molar-refractivity contribution in [1.29, 1.82) is 0 Å². The van der Waals surface area contributed by atoms with E-state index in [1.165, 1.54) is 25.1 Å². The summed E-state index contributed by atoms with van der Waals surface area (Å²) in [5.41, 5.74) is -0.881.